The van der Waals surface area contributed by atoms with Crippen LogP contribution < -0.4 is 11.1 Å². The Morgan fingerprint density at radius 2 is 2.27 bits per heavy atom. The van der Waals surface area contributed by atoms with Gasteiger partial charge in [0.15, 0.2) is 0 Å². The predicted octanol–water partition coefficient (Wildman–Crippen LogP) is 1.40. The summed E-state index contributed by atoms with van der Waals surface area (Å²) in [7, 11) is 0. The molecule has 0 bridgehead atoms. The monoisotopic (exact) mass is 252 g/mol. The molecule has 5 heteroatoms. The summed E-state index contributed by atoms with van der Waals surface area (Å²) in [4.78, 5) is 11.7. The van der Waals surface area contributed by atoms with Crippen molar-refractivity contribution in [3.8, 4) is 0 Å². The summed E-state index contributed by atoms with van der Waals surface area (Å²) < 4.78 is 0. The molecule has 0 aromatic rings. The maximum atomic E-state index is 11.7. The summed E-state index contributed by atoms with van der Waals surface area (Å²) in [6.45, 7) is 4.96. The molecule has 1 fully saturated rings. The summed E-state index contributed by atoms with van der Waals surface area (Å²) in [6, 6.07) is 0. The van der Waals surface area contributed by atoms with E-state index in [4.69, 9.17) is 5.73 Å². The highest BCUT2D eigenvalue weighted by molar-refractivity contribution is 8.00. The van der Waals surface area contributed by atoms with Gasteiger partial charge in [-0.05, 0) is 32.4 Å². The van der Waals surface area contributed by atoms with E-state index in [0.717, 1.165) is 6.54 Å². The number of rotatable bonds is 4. The second-order valence-corrected chi connectivity index (χ2v) is 5.84. The molecule has 1 atom stereocenters. The zero-order chi connectivity index (χ0) is 10.6. The lowest BCUT2D eigenvalue weighted by atomic mass is 9.93. The van der Waals surface area contributed by atoms with Gasteiger partial charge in [-0.2, -0.15) is 11.8 Å². The van der Waals surface area contributed by atoms with Gasteiger partial charge in [0.1, 0.15) is 0 Å². The van der Waals surface area contributed by atoms with Crippen molar-refractivity contribution in [2.45, 2.75) is 31.9 Å². The normalized spacial score (nSPS) is 20.9. The zero-order valence-electron chi connectivity index (χ0n) is 9.41. The highest BCUT2D eigenvalue weighted by Gasteiger charge is 2.26. The number of hydrogen-bond donors (Lipinski definition) is 2. The van der Waals surface area contributed by atoms with Gasteiger partial charge >= 0.3 is 0 Å². The minimum atomic E-state index is -0.427. The molecule has 0 aliphatic carbocycles. The molecule has 0 aromatic heterocycles. The second kappa shape index (κ2) is 6.61. The Kier molecular flexibility index (Phi) is 6.64. The first-order chi connectivity index (χ1) is 6.56. The second-order valence-electron chi connectivity index (χ2n) is 4.43. The van der Waals surface area contributed by atoms with Crippen LogP contribution in [0.5, 0.6) is 0 Å². The molecule has 1 aliphatic rings. The first kappa shape index (κ1) is 15.1. The topological polar surface area (TPSA) is 55.1 Å². The van der Waals surface area contributed by atoms with Gasteiger partial charge in [-0.25, -0.2) is 0 Å². The van der Waals surface area contributed by atoms with Crippen LogP contribution in [0.2, 0.25) is 0 Å². The van der Waals surface area contributed by atoms with Crippen molar-refractivity contribution in [2.75, 3.05) is 18.8 Å². The molecule has 1 amide bonds. The van der Waals surface area contributed by atoms with Gasteiger partial charge in [-0.1, -0.05) is 0 Å². The molecule has 1 rings (SSSR count). The highest BCUT2D eigenvalue weighted by atomic mass is 35.5. The maximum absolute atomic E-state index is 11.7. The van der Waals surface area contributed by atoms with E-state index >= 15 is 0 Å². The molecule has 0 radical (unpaired) electrons. The minimum absolute atomic E-state index is 0. The average molecular weight is 253 g/mol. The van der Waals surface area contributed by atoms with Crippen molar-refractivity contribution in [1.82, 2.24) is 5.32 Å². The predicted molar refractivity (Wildman–Crippen MR) is 68.6 cm³/mol. The number of halogens is 1. The number of amides is 1. The summed E-state index contributed by atoms with van der Waals surface area (Å²) in [6.07, 6.45) is 2.51. The van der Waals surface area contributed by atoms with E-state index in [-0.39, 0.29) is 18.3 Å². The number of nitrogens with two attached hydrogens (primary N) is 1. The smallest absolute Gasteiger partial charge is 0.226 e. The van der Waals surface area contributed by atoms with Crippen LogP contribution in [-0.4, -0.2) is 30.0 Å². The number of carbonyl (C=O) groups is 1. The van der Waals surface area contributed by atoms with E-state index in [9.17, 15) is 4.79 Å². The molecule has 3 nitrogen and oxygen atoms in total. The van der Waals surface area contributed by atoms with Crippen LogP contribution in [0, 0.1) is 5.41 Å². The molecule has 1 unspecified atom stereocenters. The molecule has 3 N–H and O–H groups in total. The number of carbonyl (C=O) groups excluding carboxylic acids is 1. The molecule has 0 saturated carbocycles. The molecule has 90 valence electrons. The first-order valence-corrected chi connectivity index (χ1v) is 6.21. The highest BCUT2D eigenvalue weighted by Crippen LogP contribution is 2.25. The fraction of sp³-hybridized carbons (Fsp3) is 0.900. The molecule has 0 aromatic carbocycles. The maximum Gasteiger partial charge on any atom is 0.226 e. The molecule has 1 aliphatic heterocycles. The van der Waals surface area contributed by atoms with Crippen molar-refractivity contribution in [3.63, 3.8) is 0 Å². The van der Waals surface area contributed by atoms with Gasteiger partial charge in [0.2, 0.25) is 5.91 Å². The lowest BCUT2D eigenvalue weighted by molar-refractivity contribution is -0.128. The van der Waals surface area contributed by atoms with Crippen molar-refractivity contribution in [2.24, 2.45) is 11.1 Å². The third kappa shape index (κ3) is 4.62. The van der Waals surface area contributed by atoms with Crippen molar-refractivity contribution >= 4 is 30.1 Å². The van der Waals surface area contributed by atoms with Crippen LogP contribution >= 0.6 is 24.2 Å². The fourth-order valence-corrected chi connectivity index (χ4v) is 2.55. The van der Waals surface area contributed by atoms with Crippen molar-refractivity contribution in [3.05, 3.63) is 0 Å². The van der Waals surface area contributed by atoms with Gasteiger partial charge in [-0.3, -0.25) is 4.79 Å². The third-order valence-corrected chi connectivity index (χ3v) is 4.04. The van der Waals surface area contributed by atoms with E-state index in [1.807, 2.05) is 25.6 Å². The standard InChI is InChI=1S/C10H20N2OS.ClH/c1-10(2,7-11)9(13)12-6-8-4-3-5-14-8;/h8H,3-7,11H2,1-2H3,(H,12,13);1H. The van der Waals surface area contributed by atoms with Crippen molar-refractivity contribution < 1.29 is 4.79 Å². The third-order valence-electron chi connectivity index (χ3n) is 2.64. The Hall–Kier alpha value is 0.0700. The Morgan fingerprint density at radius 1 is 1.60 bits per heavy atom. The largest absolute Gasteiger partial charge is 0.354 e. The van der Waals surface area contributed by atoms with Gasteiger partial charge in [0, 0.05) is 18.3 Å². The summed E-state index contributed by atoms with van der Waals surface area (Å²) in [5.74, 6) is 1.31. The lowest BCUT2D eigenvalue weighted by Crippen LogP contribution is -2.43. The number of nitrogens with one attached hydrogen (secondary N) is 1. The Morgan fingerprint density at radius 3 is 2.73 bits per heavy atom. The first-order valence-electron chi connectivity index (χ1n) is 5.16. The summed E-state index contributed by atoms with van der Waals surface area (Å²) in [5, 5.41) is 3.59. The van der Waals surface area contributed by atoms with E-state index in [2.05, 4.69) is 5.32 Å². The fourth-order valence-electron chi connectivity index (χ4n) is 1.34. The van der Waals surface area contributed by atoms with Gasteiger partial charge in [0.25, 0.3) is 0 Å². The van der Waals surface area contributed by atoms with E-state index in [1.54, 1.807) is 0 Å². The molecule has 1 heterocycles. The molecular formula is C10H21ClN2OS. The van der Waals surface area contributed by atoms with Crippen LogP contribution in [0.25, 0.3) is 0 Å². The Bertz CT molecular complexity index is 206. The lowest BCUT2D eigenvalue weighted by Gasteiger charge is -2.22. The Balaban J connectivity index is 0.00000196. The quantitative estimate of drug-likeness (QED) is 0.796. The number of thioether (sulfide) groups is 1. The van der Waals surface area contributed by atoms with Gasteiger partial charge in [0.05, 0.1) is 5.41 Å². The molecule has 15 heavy (non-hydrogen) atoms. The molecule has 1 saturated heterocycles. The summed E-state index contributed by atoms with van der Waals surface area (Å²) in [5.41, 5.74) is 5.10. The van der Waals surface area contributed by atoms with Crippen LogP contribution in [0.3, 0.4) is 0 Å². The van der Waals surface area contributed by atoms with Crippen LogP contribution in [0.4, 0.5) is 0 Å². The van der Waals surface area contributed by atoms with E-state index in [0.29, 0.717) is 11.8 Å². The van der Waals surface area contributed by atoms with Gasteiger partial charge < -0.3 is 11.1 Å². The Labute approximate surface area is 102 Å². The van der Waals surface area contributed by atoms with E-state index < -0.39 is 5.41 Å². The number of hydrogen-bond acceptors (Lipinski definition) is 3. The van der Waals surface area contributed by atoms with Crippen LogP contribution in [0.15, 0.2) is 0 Å². The average Bonchev–Trinajstić information content (AvgIpc) is 2.66. The zero-order valence-corrected chi connectivity index (χ0v) is 11.0. The van der Waals surface area contributed by atoms with Crippen LogP contribution in [-0.2, 0) is 4.79 Å². The van der Waals surface area contributed by atoms with E-state index in [1.165, 1.54) is 18.6 Å². The minimum Gasteiger partial charge on any atom is -0.354 e. The van der Waals surface area contributed by atoms with Crippen molar-refractivity contribution in [1.29, 1.82) is 0 Å². The summed E-state index contributed by atoms with van der Waals surface area (Å²) >= 11 is 1.96. The van der Waals surface area contributed by atoms with Crippen LogP contribution in [0.1, 0.15) is 26.7 Å². The SMILES string of the molecule is CC(C)(CN)C(=O)NCC1CCCS1.Cl. The molecule has 0 spiro atoms. The molecular weight excluding hydrogens is 232 g/mol. The van der Waals surface area contributed by atoms with Gasteiger partial charge in [-0.15, -0.1) is 12.4 Å².